The number of rotatable bonds is 7. The lowest BCUT2D eigenvalue weighted by molar-refractivity contribution is -0.384. The zero-order valence-electron chi connectivity index (χ0n) is 19.1. The Kier molecular flexibility index (Phi) is 5.77. The van der Waals surface area contributed by atoms with Crippen molar-refractivity contribution in [2.75, 3.05) is 12.1 Å². The normalized spacial score (nSPS) is 12.9. The van der Waals surface area contributed by atoms with Crippen LogP contribution in [0.3, 0.4) is 0 Å². The molecule has 5 rings (SSSR count). The van der Waals surface area contributed by atoms with E-state index in [0.717, 1.165) is 0 Å². The lowest BCUT2D eigenvalue weighted by Crippen LogP contribution is -2.26. The summed E-state index contributed by atoms with van der Waals surface area (Å²) in [4.78, 5) is 37.3. The van der Waals surface area contributed by atoms with E-state index in [1.54, 1.807) is 48.5 Å². The predicted molar refractivity (Wildman–Crippen MR) is 132 cm³/mol. The van der Waals surface area contributed by atoms with Crippen LogP contribution in [0.15, 0.2) is 71.5 Å². The molecule has 0 amide bonds. The number of ether oxygens (including phenoxy) is 2. The van der Waals surface area contributed by atoms with Crippen molar-refractivity contribution in [3.8, 4) is 17.2 Å². The van der Waals surface area contributed by atoms with Gasteiger partial charge in [0.15, 0.2) is 17.3 Å². The Morgan fingerprint density at radius 1 is 1.11 bits per heavy atom. The summed E-state index contributed by atoms with van der Waals surface area (Å²) in [6.07, 6.45) is -0.219. The average molecular weight is 487 g/mol. The van der Waals surface area contributed by atoms with Gasteiger partial charge in [0.1, 0.15) is 11.3 Å². The summed E-state index contributed by atoms with van der Waals surface area (Å²) >= 11 is 0. The van der Waals surface area contributed by atoms with Gasteiger partial charge in [-0.3, -0.25) is 19.7 Å². The van der Waals surface area contributed by atoms with Crippen molar-refractivity contribution in [3.05, 3.63) is 98.3 Å². The fourth-order valence-electron chi connectivity index (χ4n) is 4.31. The lowest BCUT2D eigenvalue weighted by Gasteiger charge is -2.21. The van der Waals surface area contributed by atoms with Crippen molar-refractivity contribution in [2.45, 2.75) is 12.5 Å². The molecule has 4 aromatic rings. The molecule has 1 aliphatic rings. The maximum absolute atomic E-state index is 13.5. The van der Waals surface area contributed by atoms with E-state index < -0.39 is 22.3 Å². The molecule has 1 aromatic heterocycles. The van der Waals surface area contributed by atoms with Crippen LogP contribution in [-0.4, -0.2) is 27.2 Å². The number of para-hydroxylation sites is 1. The SMILES string of the molecule is Cn1c(=O)c(C(=O)CC(Nc2cccc([N+](=O)[O-])c2)c2ccc3c(c2)OCO3)c(O)c2ccccc21. The Morgan fingerprint density at radius 3 is 2.69 bits per heavy atom. The summed E-state index contributed by atoms with van der Waals surface area (Å²) < 4.78 is 12.2. The first-order valence-electron chi connectivity index (χ1n) is 11.1. The van der Waals surface area contributed by atoms with Crippen LogP contribution in [0.2, 0.25) is 0 Å². The molecular weight excluding hydrogens is 466 g/mol. The fourth-order valence-corrected chi connectivity index (χ4v) is 4.31. The van der Waals surface area contributed by atoms with Crippen LogP contribution in [-0.2, 0) is 7.05 Å². The molecular formula is C26H21N3O7. The Labute approximate surface area is 204 Å². The molecule has 0 spiro atoms. The molecule has 10 heteroatoms. The zero-order chi connectivity index (χ0) is 25.4. The number of anilines is 1. The van der Waals surface area contributed by atoms with E-state index in [2.05, 4.69) is 5.32 Å². The quantitative estimate of drug-likeness (QED) is 0.224. The van der Waals surface area contributed by atoms with Gasteiger partial charge >= 0.3 is 0 Å². The topological polar surface area (TPSA) is 133 Å². The second-order valence-corrected chi connectivity index (χ2v) is 8.35. The Balaban J connectivity index is 1.55. The van der Waals surface area contributed by atoms with Gasteiger partial charge in [-0.25, -0.2) is 0 Å². The standard InChI is InChI=1S/C26H21N3O7/c1-28-20-8-3-2-7-18(20)25(31)24(26(28)32)21(30)13-19(15-9-10-22-23(11-15)36-14-35-22)27-16-5-4-6-17(12-16)29(33)34/h2-12,19,27,31H,13-14H2,1H3. The molecule has 0 saturated carbocycles. The minimum absolute atomic E-state index is 0.0711. The number of nitrogens with one attached hydrogen (secondary N) is 1. The largest absolute Gasteiger partial charge is 0.506 e. The maximum Gasteiger partial charge on any atom is 0.271 e. The molecule has 3 aromatic carbocycles. The van der Waals surface area contributed by atoms with Gasteiger partial charge in [0.2, 0.25) is 6.79 Å². The summed E-state index contributed by atoms with van der Waals surface area (Å²) in [5, 5.41) is 25.6. The molecule has 2 heterocycles. The summed E-state index contributed by atoms with van der Waals surface area (Å²) in [6.45, 7) is 0.0711. The van der Waals surface area contributed by atoms with Crippen molar-refractivity contribution >= 4 is 28.1 Å². The van der Waals surface area contributed by atoms with Gasteiger partial charge in [0, 0.05) is 36.7 Å². The van der Waals surface area contributed by atoms with Gasteiger partial charge in [-0.1, -0.05) is 24.3 Å². The highest BCUT2D eigenvalue weighted by Crippen LogP contribution is 2.37. The van der Waals surface area contributed by atoms with E-state index in [1.165, 1.54) is 29.8 Å². The molecule has 0 saturated heterocycles. The van der Waals surface area contributed by atoms with E-state index >= 15 is 0 Å². The maximum atomic E-state index is 13.5. The third kappa shape index (κ3) is 4.09. The second kappa shape index (κ2) is 9.06. The predicted octanol–water partition coefficient (Wildman–Crippen LogP) is 4.31. The highest BCUT2D eigenvalue weighted by atomic mass is 16.7. The van der Waals surface area contributed by atoms with E-state index in [9.17, 15) is 24.8 Å². The van der Waals surface area contributed by atoms with E-state index in [-0.39, 0.29) is 30.2 Å². The number of non-ortho nitro benzene ring substituents is 1. The van der Waals surface area contributed by atoms with Crippen molar-refractivity contribution in [3.63, 3.8) is 0 Å². The summed E-state index contributed by atoms with van der Waals surface area (Å²) in [5.74, 6) is 0.0911. The van der Waals surface area contributed by atoms with Crippen molar-refractivity contribution in [1.82, 2.24) is 4.57 Å². The molecule has 36 heavy (non-hydrogen) atoms. The summed E-state index contributed by atoms with van der Waals surface area (Å²) in [6, 6.07) is 17.1. The first kappa shape index (κ1) is 22.9. The van der Waals surface area contributed by atoms with Crippen LogP contribution in [0, 0.1) is 10.1 Å². The van der Waals surface area contributed by atoms with Crippen LogP contribution >= 0.6 is 0 Å². The number of benzene rings is 3. The Hall–Kier alpha value is -4.86. The summed E-state index contributed by atoms with van der Waals surface area (Å²) in [7, 11) is 1.54. The number of fused-ring (bicyclic) bond motifs is 2. The molecule has 2 N–H and O–H groups in total. The number of hydrogen-bond acceptors (Lipinski definition) is 8. The number of aromatic nitrogens is 1. The van der Waals surface area contributed by atoms with Crippen molar-refractivity contribution < 1.29 is 24.3 Å². The molecule has 0 aliphatic carbocycles. The van der Waals surface area contributed by atoms with Gasteiger partial charge in [-0.15, -0.1) is 0 Å². The van der Waals surface area contributed by atoms with E-state index in [4.69, 9.17) is 9.47 Å². The third-order valence-corrected chi connectivity index (χ3v) is 6.14. The summed E-state index contributed by atoms with van der Waals surface area (Å²) in [5.41, 5.74) is 0.501. The number of ketones is 1. The zero-order valence-corrected chi connectivity index (χ0v) is 19.1. The van der Waals surface area contributed by atoms with Crippen LogP contribution < -0.4 is 20.3 Å². The smallest absolute Gasteiger partial charge is 0.271 e. The van der Waals surface area contributed by atoms with Gasteiger partial charge in [-0.2, -0.15) is 0 Å². The molecule has 1 unspecified atom stereocenters. The molecule has 1 aliphatic heterocycles. The van der Waals surface area contributed by atoms with Gasteiger partial charge in [0.25, 0.3) is 11.2 Å². The van der Waals surface area contributed by atoms with Crippen LogP contribution in [0.25, 0.3) is 10.9 Å². The number of hydrogen-bond donors (Lipinski definition) is 2. The number of pyridine rings is 1. The molecule has 0 fully saturated rings. The Morgan fingerprint density at radius 2 is 1.89 bits per heavy atom. The molecule has 0 radical (unpaired) electrons. The minimum Gasteiger partial charge on any atom is -0.506 e. The number of aryl methyl sites for hydroxylation is 1. The molecule has 1 atom stereocenters. The van der Waals surface area contributed by atoms with Crippen LogP contribution in [0.4, 0.5) is 11.4 Å². The number of nitro groups is 1. The minimum atomic E-state index is -0.704. The first-order chi connectivity index (χ1) is 17.3. The number of aromatic hydroxyl groups is 1. The second-order valence-electron chi connectivity index (χ2n) is 8.35. The highest BCUT2D eigenvalue weighted by molar-refractivity contribution is 6.03. The average Bonchev–Trinajstić information content (AvgIpc) is 3.35. The number of Topliss-reactive ketones (excluding diaryl/α,β-unsaturated/α-hetero) is 1. The van der Waals surface area contributed by atoms with E-state index in [0.29, 0.717) is 33.7 Å². The monoisotopic (exact) mass is 487 g/mol. The number of carbonyl (C=O) groups excluding carboxylic acids is 1. The van der Waals surface area contributed by atoms with E-state index in [1.807, 2.05) is 0 Å². The molecule has 0 bridgehead atoms. The highest BCUT2D eigenvalue weighted by Gasteiger charge is 2.26. The lowest BCUT2D eigenvalue weighted by atomic mass is 9.96. The van der Waals surface area contributed by atoms with Gasteiger partial charge < -0.3 is 24.5 Å². The number of carbonyl (C=O) groups is 1. The van der Waals surface area contributed by atoms with Crippen LogP contribution in [0.1, 0.15) is 28.4 Å². The Bertz CT molecular complexity index is 1580. The fraction of sp³-hybridized carbons (Fsp3) is 0.154. The van der Waals surface area contributed by atoms with Crippen molar-refractivity contribution in [2.24, 2.45) is 7.05 Å². The van der Waals surface area contributed by atoms with Crippen molar-refractivity contribution in [1.29, 1.82) is 0 Å². The number of nitro benzene ring substituents is 1. The van der Waals surface area contributed by atoms with Crippen LogP contribution in [0.5, 0.6) is 17.2 Å². The molecule has 10 nitrogen and oxygen atoms in total. The van der Waals surface area contributed by atoms with Gasteiger partial charge in [-0.05, 0) is 35.9 Å². The number of nitrogens with zero attached hydrogens (tertiary/aromatic N) is 2. The third-order valence-electron chi connectivity index (χ3n) is 6.14. The van der Waals surface area contributed by atoms with Gasteiger partial charge in [0.05, 0.1) is 16.5 Å². The first-order valence-corrected chi connectivity index (χ1v) is 11.1. The molecule has 182 valence electrons.